The van der Waals surface area contributed by atoms with E-state index in [1.54, 1.807) is 35.2 Å². The molecule has 0 spiro atoms. The molecule has 2 atom stereocenters. The number of hydroxylamine groups is 1. The largest absolute Gasteiger partial charge is 0.400 e. The van der Waals surface area contributed by atoms with E-state index >= 15 is 0 Å². The second kappa shape index (κ2) is 8.92. The van der Waals surface area contributed by atoms with Crippen molar-refractivity contribution in [1.82, 2.24) is 10.8 Å². The molecule has 0 aliphatic carbocycles. The first-order valence-corrected chi connectivity index (χ1v) is 11.7. The predicted molar refractivity (Wildman–Crippen MR) is 126 cm³/mol. The molecule has 32 heavy (non-hydrogen) atoms. The Balaban J connectivity index is 1.53. The Morgan fingerprint density at radius 2 is 1.84 bits per heavy atom. The minimum absolute atomic E-state index is 0.0437. The number of carbonyl (C=O) groups excluding carboxylic acids is 1. The summed E-state index contributed by atoms with van der Waals surface area (Å²) in [5.74, 6) is -0.302. The van der Waals surface area contributed by atoms with Crippen molar-refractivity contribution >= 4 is 60.7 Å². The standard InChI is InChI=1S/C21H18Br2F3N3O2S/c22-14-7-13(8-15(23)9-14)20(21(24,25)26)5-6-29(11-20)16-3-1-12(2-4-16)19(32)27-17-10-31-28-18(17)30/h1-4,7-9,17H,5-6,10-11H2,(H,27,32)(H,28,30). The van der Waals surface area contributed by atoms with Crippen LogP contribution < -0.4 is 15.7 Å². The molecule has 2 heterocycles. The number of rotatable bonds is 4. The van der Waals surface area contributed by atoms with E-state index in [2.05, 4.69) is 42.7 Å². The molecule has 5 nitrogen and oxygen atoms in total. The third-order valence-electron chi connectivity index (χ3n) is 5.77. The van der Waals surface area contributed by atoms with E-state index in [0.29, 0.717) is 25.2 Å². The van der Waals surface area contributed by atoms with Crippen LogP contribution in [0.5, 0.6) is 0 Å². The van der Waals surface area contributed by atoms with Gasteiger partial charge in [0.2, 0.25) is 0 Å². The number of benzene rings is 2. The van der Waals surface area contributed by atoms with E-state index < -0.39 is 17.6 Å². The second-order valence-corrected chi connectivity index (χ2v) is 10.00. The van der Waals surface area contributed by atoms with E-state index in [-0.39, 0.29) is 37.6 Å². The zero-order chi connectivity index (χ0) is 23.1. The predicted octanol–water partition coefficient (Wildman–Crippen LogP) is 4.62. The number of hydrogen-bond acceptors (Lipinski definition) is 4. The molecule has 0 radical (unpaired) electrons. The maximum absolute atomic E-state index is 14.3. The normalized spacial score (nSPS) is 23.3. The molecule has 2 fully saturated rings. The molecule has 2 unspecified atom stereocenters. The van der Waals surface area contributed by atoms with Gasteiger partial charge in [0, 0.05) is 33.3 Å². The molecule has 2 aliphatic heterocycles. The Morgan fingerprint density at radius 1 is 1.19 bits per heavy atom. The zero-order valence-corrected chi connectivity index (χ0v) is 20.5. The maximum Gasteiger partial charge on any atom is 0.400 e. The Kier molecular flexibility index (Phi) is 6.54. The van der Waals surface area contributed by atoms with Crippen LogP contribution in [0.15, 0.2) is 51.4 Å². The molecule has 0 bridgehead atoms. The third-order valence-corrected chi connectivity index (χ3v) is 7.04. The lowest BCUT2D eigenvalue weighted by molar-refractivity contribution is -0.184. The van der Waals surface area contributed by atoms with Crippen LogP contribution in [0.25, 0.3) is 0 Å². The van der Waals surface area contributed by atoms with Crippen molar-refractivity contribution in [3.63, 3.8) is 0 Å². The highest BCUT2D eigenvalue weighted by atomic mass is 79.9. The van der Waals surface area contributed by atoms with E-state index in [9.17, 15) is 18.0 Å². The molecule has 2 aliphatic rings. The minimum Gasteiger partial charge on any atom is -0.370 e. The molecule has 4 rings (SSSR count). The van der Waals surface area contributed by atoms with Gasteiger partial charge >= 0.3 is 6.18 Å². The van der Waals surface area contributed by atoms with Gasteiger partial charge in [0.05, 0.1) is 0 Å². The van der Waals surface area contributed by atoms with Gasteiger partial charge < -0.3 is 10.2 Å². The molecule has 2 aromatic carbocycles. The Hall–Kier alpha value is -1.69. The lowest BCUT2D eigenvalue weighted by atomic mass is 9.79. The van der Waals surface area contributed by atoms with Crippen LogP contribution in [0.1, 0.15) is 17.5 Å². The molecule has 0 saturated carbocycles. The number of halogens is 5. The van der Waals surface area contributed by atoms with Gasteiger partial charge in [0.25, 0.3) is 5.91 Å². The van der Waals surface area contributed by atoms with Crippen LogP contribution in [-0.4, -0.2) is 42.8 Å². The fourth-order valence-electron chi connectivity index (χ4n) is 4.01. The number of anilines is 1. The maximum atomic E-state index is 14.3. The van der Waals surface area contributed by atoms with Crippen LogP contribution in [0.3, 0.4) is 0 Å². The van der Waals surface area contributed by atoms with Crippen molar-refractivity contribution in [3.8, 4) is 0 Å². The highest BCUT2D eigenvalue weighted by Crippen LogP contribution is 2.49. The van der Waals surface area contributed by atoms with Crippen molar-refractivity contribution in [2.45, 2.75) is 24.1 Å². The monoisotopic (exact) mass is 591 g/mol. The molecule has 1 amide bonds. The van der Waals surface area contributed by atoms with Gasteiger partial charge in [-0.25, -0.2) is 5.48 Å². The number of carbonyl (C=O) groups is 1. The first-order valence-electron chi connectivity index (χ1n) is 9.70. The summed E-state index contributed by atoms with van der Waals surface area (Å²) in [4.78, 5) is 18.6. The van der Waals surface area contributed by atoms with Crippen LogP contribution >= 0.6 is 44.1 Å². The van der Waals surface area contributed by atoms with E-state index in [1.807, 2.05) is 0 Å². The highest BCUT2D eigenvalue weighted by molar-refractivity contribution is 9.11. The van der Waals surface area contributed by atoms with Crippen molar-refractivity contribution in [3.05, 3.63) is 62.5 Å². The third kappa shape index (κ3) is 4.52. The Bertz CT molecular complexity index is 1030. The van der Waals surface area contributed by atoms with Crippen LogP contribution in [0.2, 0.25) is 0 Å². The van der Waals surface area contributed by atoms with Crippen molar-refractivity contribution in [2.75, 3.05) is 24.6 Å². The summed E-state index contributed by atoms with van der Waals surface area (Å²) in [6.45, 7) is 0.252. The van der Waals surface area contributed by atoms with Crippen LogP contribution in [0, 0.1) is 0 Å². The first kappa shape index (κ1) is 23.5. The van der Waals surface area contributed by atoms with Gasteiger partial charge in [-0.3, -0.25) is 9.63 Å². The Labute approximate surface area is 204 Å². The quantitative estimate of drug-likeness (QED) is 0.508. The van der Waals surface area contributed by atoms with Crippen LogP contribution in [-0.2, 0) is 15.0 Å². The Morgan fingerprint density at radius 3 is 2.41 bits per heavy atom. The summed E-state index contributed by atoms with van der Waals surface area (Å²) in [7, 11) is 0. The second-order valence-electron chi connectivity index (χ2n) is 7.76. The number of thiocarbonyl (C=S) groups is 1. The SMILES string of the molecule is O=C1NOCC1NC(=S)c1ccc(N2CCC(c3cc(Br)cc(Br)c3)(C(F)(F)F)C2)cc1. The van der Waals surface area contributed by atoms with Gasteiger partial charge in [0.15, 0.2) is 0 Å². The molecule has 11 heteroatoms. The number of amides is 1. The fraction of sp³-hybridized carbons (Fsp3) is 0.333. The van der Waals surface area contributed by atoms with E-state index in [4.69, 9.17) is 17.1 Å². The van der Waals surface area contributed by atoms with Crippen molar-refractivity contribution in [1.29, 1.82) is 0 Å². The number of hydrogen-bond donors (Lipinski definition) is 2. The topological polar surface area (TPSA) is 53.6 Å². The molecule has 2 N–H and O–H groups in total. The molecule has 2 aromatic rings. The van der Waals surface area contributed by atoms with Crippen molar-refractivity contribution in [2.24, 2.45) is 0 Å². The van der Waals surface area contributed by atoms with Gasteiger partial charge in [-0.2, -0.15) is 13.2 Å². The van der Waals surface area contributed by atoms with Crippen LogP contribution in [0.4, 0.5) is 18.9 Å². The zero-order valence-electron chi connectivity index (χ0n) is 16.5. The molecule has 0 aromatic heterocycles. The summed E-state index contributed by atoms with van der Waals surface area (Å²) in [6.07, 6.45) is -4.45. The van der Waals surface area contributed by atoms with Gasteiger partial charge in [0.1, 0.15) is 23.1 Å². The number of nitrogens with one attached hydrogen (secondary N) is 2. The van der Waals surface area contributed by atoms with E-state index in [0.717, 1.165) is 0 Å². The average Bonchev–Trinajstić information content (AvgIpc) is 3.35. The van der Waals surface area contributed by atoms with Crippen molar-refractivity contribution < 1.29 is 22.8 Å². The summed E-state index contributed by atoms with van der Waals surface area (Å²) < 4.78 is 44.2. The molecular weight excluding hydrogens is 575 g/mol. The summed E-state index contributed by atoms with van der Waals surface area (Å²) in [5.41, 5.74) is 1.86. The molecule has 170 valence electrons. The lowest BCUT2D eigenvalue weighted by Gasteiger charge is -2.33. The summed E-state index contributed by atoms with van der Waals surface area (Å²) in [6, 6.07) is 11.2. The number of nitrogens with zero attached hydrogens (tertiary/aromatic N) is 1. The minimum atomic E-state index is -4.41. The van der Waals surface area contributed by atoms with Gasteiger partial charge in [-0.05, 0) is 54.4 Å². The highest BCUT2D eigenvalue weighted by Gasteiger charge is 2.59. The van der Waals surface area contributed by atoms with E-state index in [1.165, 1.54) is 12.1 Å². The smallest absolute Gasteiger partial charge is 0.370 e. The molecular formula is C21H18Br2F3N3O2S. The average molecular weight is 593 g/mol. The summed E-state index contributed by atoms with van der Waals surface area (Å²) >= 11 is 12.0. The first-order chi connectivity index (χ1) is 15.1. The van der Waals surface area contributed by atoms with Gasteiger partial charge in [-0.15, -0.1) is 0 Å². The summed E-state index contributed by atoms with van der Waals surface area (Å²) in [5, 5.41) is 2.92. The fourth-order valence-corrected chi connectivity index (χ4v) is 5.58. The molecule has 2 saturated heterocycles. The lowest BCUT2D eigenvalue weighted by Crippen LogP contribution is -2.45. The number of alkyl halides is 3. The van der Waals surface area contributed by atoms with Gasteiger partial charge in [-0.1, -0.05) is 44.1 Å².